The van der Waals surface area contributed by atoms with Crippen LogP contribution in [0.4, 0.5) is 5.69 Å². The number of halogens is 1. The summed E-state index contributed by atoms with van der Waals surface area (Å²) < 4.78 is 23.1. The molecular formula is C13H14ClN3O3S. The van der Waals surface area contributed by atoms with Crippen LogP contribution in [-0.2, 0) is 16.4 Å². The number of aryl methyl sites for hydroxylation is 1. The molecule has 8 heteroatoms. The van der Waals surface area contributed by atoms with Crippen molar-refractivity contribution in [1.82, 2.24) is 4.98 Å². The summed E-state index contributed by atoms with van der Waals surface area (Å²) in [7, 11) is -3.84. The molecule has 0 fully saturated rings. The lowest BCUT2D eigenvalue weighted by atomic mass is 10.1. The van der Waals surface area contributed by atoms with Crippen LogP contribution in [0.25, 0.3) is 0 Å². The van der Waals surface area contributed by atoms with Gasteiger partial charge in [-0.3, -0.25) is 4.79 Å². The molecule has 2 aromatic rings. The molecule has 0 bridgehead atoms. The molecule has 6 nitrogen and oxygen atoms in total. The van der Waals surface area contributed by atoms with Crippen LogP contribution in [0.1, 0.15) is 23.0 Å². The van der Waals surface area contributed by atoms with Gasteiger partial charge in [-0.1, -0.05) is 24.6 Å². The molecule has 2 rings (SSSR count). The predicted octanol–water partition coefficient (Wildman–Crippen LogP) is 2.13. The number of anilines is 1. The second kappa shape index (κ2) is 5.88. The fourth-order valence-electron chi connectivity index (χ4n) is 1.89. The fraction of sp³-hybridized carbons (Fsp3) is 0.154. The summed E-state index contributed by atoms with van der Waals surface area (Å²) in [4.78, 5) is 14.7. The highest BCUT2D eigenvalue weighted by molar-refractivity contribution is 7.89. The van der Waals surface area contributed by atoms with E-state index in [1.807, 2.05) is 6.92 Å². The number of rotatable bonds is 4. The molecule has 0 saturated heterocycles. The third-order valence-corrected chi connectivity index (χ3v) is 4.12. The van der Waals surface area contributed by atoms with Crippen molar-refractivity contribution in [3.8, 4) is 0 Å². The monoisotopic (exact) mass is 327 g/mol. The van der Waals surface area contributed by atoms with Crippen molar-refractivity contribution >= 4 is 33.2 Å². The SMILES string of the molecule is CCc1ccc(NC(=O)c2cc(Cl)c[nH]2)cc1S(N)(=O)=O. The lowest BCUT2D eigenvalue weighted by molar-refractivity contribution is 0.102. The zero-order valence-electron chi connectivity index (χ0n) is 11.2. The molecule has 1 aromatic carbocycles. The van der Waals surface area contributed by atoms with Crippen molar-refractivity contribution in [2.24, 2.45) is 5.14 Å². The van der Waals surface area contributed by atoms with Crippen LogP contribution in [0.2, 0.25) is 5.02 Å². The van der Waals surface area contributed by atoms with E-state index < -0.39 is 15.9 Å². The highest BCUT2D eigenvalue weighted by Gasteiger charge is 2.15. The van der Waals surface area contributed by atoms with Gasteiger partial charge >= 0.3 is 0 Å². The molecule has 1 aromatic heterocycles. The van der Waals surface area contributed by atoms with Crippen molar-refractivity contribution in [1.29, 1.82) is 0 Å². The van der Waals surface area contributed by atoms with Crippen LogP contribution in [0.5, 0.6) is 0 Å². The van der Waals surface area contributed by atoms with Gasteiger partial charge in [0.25, 0.3) is 5.91 Å². The van der Waals surface area contributed by atoms with Gasteiger partial charge in [-0.05, 0) is 30.2 Å². The van der Waals surface area contributed by atoms with E-state index in [1.165, 1.54) is 18.3 Å². The van der Waals surface area contributed by atoms with E-state index >= 15 is 0 Å². The molecule has 0 unspecified atom stereocenters. The number of primary sulfonamides is 1. The van der Waals surface area contributed by atoms with E-state index in [-0.39, 0.29) is 10.6 Å². The zero-order chi connectivity index (χ0) is 15.6. The van der Waals surface area contributed by atoms with Gasteiger partial charge < -0.3 is 10.3 Å². The molecule has 0 aliphatic carbocycles. The van der Waals surface area contributed by atoms with Gasteiger partial charge in [0, 0.05) is 11.9 Å². The maximum Gasteiger partial charge on any atom is 0.272 e. The highest BCUT2D eigenvalue weighted by atomic mass is 35.5. The summed E-state index contributed by atoms with van der Waals surface area (Å²) in [5, 5.41) is 8.18. The predicted molar refractivity (Wildman–Crippen MR) is 80.9 cm³/mol. The number of carbonyl (C=O) groups excluding carboxylic acids is 1. The first kappa shape index (κ1) is 15.6. The minimum Gasteiger partial charge on any atom is -0.356 e. The topological polar surface area (TPSA) is 105 Å². The molecule has 1 heterocycles. The van der Waals surface area contributed by atoms with Crippen molar-refractivity contribution in [2.45, 2.75) is 18.2 Å². The highest BCUT2D eigenvalue weighted by Crippen LogP contribution is 2.21. The molecule has 0 atom stereocenters. The number of H-pyrrole nitrogens is 1. The fourth-order valence-corrected chi connectivity index (χ4v) is 2.92. The summed E-state index contributed by atoms with van der Waals surface area (Å²) in [6.07, 6.45) is 2.00. The number of aromatic amines is 1. The summed E-state index contributed by atoms with van der Waals surface area (Å²) in [6.45, 7) is 1.82. The number of sulfonamides is 1. The van der Waals surface area contributed by atoms with Gasteiger partial charge in [-0.25, -0.2) is 13.6 Å². The molecule has 21 heavy (non-hydrogen) atoms. The Morgan fingerprint density at radius 1 is 1.38 bits per heavy atom. The van der Waals surface area contributed by atoms with Gasteiger partial charge in [-0.2, -0.15) is 0 Å². The zero-order valence-corrected chi connectivity index (χ0v) is 12.8. The first-order valence-electron chi connectivity index (χ1n) is 6.12. The molecule has 112 valence electrons. The van der Waals surface area contributed by atoms with Crippen molar-refractivity contribution in [3.05, 3.63) is 46.7 Å². The van der Waals surface area contributed by atoms with Gasteiger partial charge in [0.2, 0.25) is 10.0 Å². The van der Waals surface area contributed by atoms with Crippen LogP contribution in [0, 0.1) is 0 Å². The first-order chi connectivity index (χ1) is 9.81. The Labute approximate surface area is 127 Å². The van der Waals surface area contributed by atoms with E-state index in [4.69, 9.17) is 16.7 Å². The Bertz CT molecular complexity index is 784. The number of aromatic nitrogens is 1. The molecule has 0 spiro atoms. The molecule has 0 aliphatic rings. The lowest BCUT2D eigenvalue weighted by Gasteiger charge is -2.09. The Morgan fingerprint density at radius 3 is 2.62 bits per heavy atom. The molecule has 1 amide bonds. The second-order valence-electron chi connectivity index (χ2n) is 4.41. The third kappa shape index (κ3) is 3.63. The van der Waals surface area contributed by atoms with Gasteiger partial charge in [0.15, 0.2) is 0 Å². The maximum atomic E-state index is 12.0. The number of nitrogens with one attached hydrogen (secondary N) is 2. The minimum absolute atomic E-state index is 0.00678. The maximum absolute atomic E-state index is 12.0. The Morgan fingerprint density at radius 2 is 2.10 bits per heavy atom. The Hall–Kier alpha value is -1.83. The molecule has 0 aliphatic heterocycles. The van der Waals surface area contributed by atoms with Crippen LogP contribution in [0.15, 0.2) is 35.4 Å². The van der Waals surface area contributed by atoms with Gasteiger partial charge in [0.05, 0.1) is 9.92 Å². The average molecular weight is 328 g/mol. The number of hydrogen-bond donors (Lipinski definition) is 3. The largest absolute Gasteiger partial charge is 0.356 e. The minimum atomic E-state index is -3.84. The van der Waals surface area contributed by atoms with Crippen LogP contribution < -0.4 is 10.5 Å². The van der Waals surface area contributed by atoms with E-state index in [1.54, 1.807) is 12.1 Å². The van der Waals surface area contributed by atoms with Crippen LogP contribution in [0.3, 0.4) is 0 Å². The molecular weight excluding hydrogens is 314 g/mol. The van der Waals surface area contributed by atoms with E-state index in [2.05, 4.69) is 10.3 Å². The van der Waals surface area contributed by atoms with Crippen LogP contribution >= 0.6 is 11.6 Å². The van der Waals surface area contributed by atoms with E-state index in [0.29, 0.717) is 22.7 Å². The quantitative estimate of drug-likeness (QED) is 0.801. The molecule has 4 N–H and O–H groups in total. The second-order valence-corrected chi connectivity index (χ2v) is 6.37. The van der Waals surface area contributed by atoms with Crippen molar-refractivity contribution in [2.75, 3.05) is 5.32 Å². The number of hydrogen-bond acceptors (Lipinski definition) is 3. The number of nitrogens with two attached hydrogens (primary N) is 1. The Kier molecular flexibility index (Phi) is 4.36. The number of benzene rings is 1. The molecule has 0 saturated carbocycles. The van der Waals surface area contributed by atoms with Crippen molar-refractivity contribution in [3.63, 3.8) is 0 Å². The average Bonchev–Trinajstić information content (AvgIpc) is 2.84. The van der Waals surface area contributed by atoms with E-state index in [0.717, 1.165) is 0 Å². The smallest absolute Gasteiger partial charge is 0.272 e. The molecule has 0 radical (unpaired) electrons. The summed E-state index contributed by atoms with van der Waals surface area (Å²) in [5.41, 5.74) is 1.21. The van der Waals surface area contributed by atoms with E-state index in [9.17, 15) is 13.2 Å². The lowest BCUT2D eigenvalue weighted by Crippen LogP contribution is -2.16. The standard InChI is InChI=1S/C13H14ClN3O3S/c1-2-8-3-4-10(6-12(8)21(15,19)20)17-13(18)11-5-9(14)7-16-11/h3-7,16H,2H2,1H3,(H,17,18)(H2,15,19,20). The summed E-state index contributed by atoms with van der Waals surface area (Å²) in [5.74, 6) is -0.425. The number of carbonyl (C=O) groups is 1. The summed E-state index contributed by atoms with van der Waals surface area (Å²) in [6, 6.07) is 6.06. The number of amides is 1. The van der Waals surface area contributed by atoms with Gasteiger partial charge in [0.1, 0.15) is 5.69 Å². The van der Waals surface area contributed by atoms with Gasteiger partial charge in [-0.15, -0.1) is 0 Å². The normalized spacial score (nSPS) is 11.4. The summed E-state index contributed by atoms with van der Waals surface area (Å²) >= 11 is 5.73. The van der Waals surface area contributed by atoms with Crippen molar-refractivity contribution < 1.29 is 13.2 Å². The third-order valence-electron chi connectivity index (χ3n) is 2.90. The van der Waals surface area contributed by atoms with Crippen LogP contribution in [-0.4, -0.2) is 19.3 Å². The first-order valence-corrected chi connectivity index (χ1v) is 8.04. The Balaban J connectivity index is 2.31.